The smallest absolute Gasteiger partial charge is 0.253 e. The summed E-state index contributed by atoms with van der Waals surface area (Å²) in [5, 5.41) is 2.58. The topological polar surface area (TPSA) is 75.4 Å². The molecule has 0 radical (unpaired) electrons. The number of carbonyl (C=O) groups is 2. The van der Waals surface area contributed by atoms with E-state index in [4.69, 9.17) is 5.73 Å². The maximum absolute atomic E-state index is 11.9. The summed E-state index contributed by atoms with van der Waals surface area (Å²) in [4.78, 5) is 25.4. The zero-order valence-electron chi connectivity index (χ0n) is 11.1. The average Bonchev–Trinajstić information content (AvgIpc) is 2.40. The van der Waals surface area contributed by atoms with Gasteiger partial charge in [0.2, 0.25) is 5.91 Å². The summed E-state index contributed by atoms with van der Waals surface area (Å²) >= 11 is 3.28. The zero-order chi connectivity index (χ0) is 14.4. The molecule has 0 saturated heterocycles. The van der Waals surface area contributed by atoms with Crippen LogP contribution in [0.15, 0.2) is 22.7 Å². The molecule has 0 spiro atoms. The molecule has 0 fully saturated rings. The first-order chi connectivity index (χ1) is 8.99. The van der Waals surface area contributed by atoms with Crippen molar-refractivity contribution >= 4 is 33.4 Å². The molecular formula is C13H18BrN3O2. The first-order valence-electron chi connectivity index (χ1n) is 6.10. The number of likely N-dealkylation sites (N-methyl/N-ethyl adjacent to an activating group) is 1. The molecule has 6 heteroatoms. The molecular weight excluding hydrogens is 310 g/mol. The molecule has 1 aromatic rings. The average molecular weight is 328 g/mol. The van der Waals surface area contributed by atoms with E-state index in [1.165, 1.54) is 0 Å². The number of halogens is 1. The molecule has 104 valence electrons. The molecule has 0 heterocycles. The van der Waals surface area contributed by atoms with Gasteiger partial charge in [-0.2, -0.15) is 0 Å². The van der Waals surface area contributed by atoms with Crippen molar-refractivity contribution in [1.82, 2.24) is 10.2 Å². The van der Waals surface area contributed by atoms with Crippen LogP contribution < -0.4 is 11.1 Å². The van der Waals surface area contributed by atoms with Crippen molar-refractivity contribution in [1.29, 1.82) is 0 Å². The van der Waals surface area contributed by atoms with Crippen LogP contribution in [0, 0.1) is 0 Å². The lowest BCUT2D eigenvalue weighted by Crippen LogP contribution is -2.40. The highest BCUT2D eigenvalue weighted by Crippen LogP contribution is 2.18. The van der Waals surface area contributed by atoms with Crippen molar-refractivity contribution in [3.63, 3.8) is 0 Å². The number of hydrogen-bond donors (Lipinski definition) is 2. The van der Waals surface area contributed by atoms with Crippen LogP contribution in [0.3, 0.4) is 0 Å². The van der Waals surface area contributed by atoms with Crippen molar-refractivity contribution in [2.45, 2.75) is 13.8 Å². The second-order valence-corrected chi connectivity index (χ2v) is 4.90. The fraction of sp³-hybridized carbons (Fsp3) is 0.385. The summed E-state index contributed by atoms with van der Waals surface area (Å²) in [6.07, 6.45) is 0. The molecule has 0 aliphatic carbocycles. The van der Waals surface area contributed by atoms with Gasteiger partial charge >= 0.3 is 0 Å². The van der Waals surface area contributed by atoms with Crippen molar-refractivity contribution in [3.05, 3.63) is 28.2 Å². The highest BCUT2D eigenvalue weighted by molar-refractivity contribution is 9.10. The summed E-state index contributed by atoms with van der Waals surface area (Å²) in [5.74, 6) is -0.453. The third kappa shape index (κ3) is 4.24. The molecule has 1 aromatic carbocycles. The molecule has 0 aliphatic rings. The molecule has 2 amide bonds. The Kier molecular flexibility index (Phi) is 5.82. The fourth-order valence-corrected chi connectivity index (χ4v) is 2.03. The number of nitrogens with one attached hydrogen (secondary N) is 1. The minimum Gasteiger partial charge on any atom is -0.398 e. The van der Waals surface area contributed by atoms with Crippen molar-refractivity contribution in [3.8, 4) is 0 Å². The van der Waals surface area contributed by atoms with E-state index < -0.39 is 0 Å². The third-order valence-corrected chi connectivity index (χ3v) is 3.27. The van der Waals surface area contributed by atoms with E-state index in [-0.39, 0.29) is 18.4 Å². The van der Waals surface area contributed by atoms with Gasteiger partial charge in [0.25, 0.3) is 5.91 Å². The zero-order valence-corrected chi connectivity index (χ0v) is 12.7. The molecule has 0 saturated carbocycles. The van der Waals surface area contributed by atoms with Crippen molar-refractivity contribution < 1.29 is 9.59 Å². The van der Waals surface area contributed by atoms with Crippen molar-refractivity contribution in [2.24, 2.45) is 0 Å². The third-order valence-electron chi connectivity index (χ3n) is 2.78. The Morgan fingerprint density at radius 1 is 1.32 bits per heavy atom. The number of rotatable bonds is 5. The molecule has 1 rings (SSSR count). The minimum absolute atomic E-state index is 0.0214. The minimum atomic E-state index is -0.348. The highest BCUT2D eigenvalue weighted by Gasteiger charge is 2.14. The van der Waals surface area contributed by atoms with Crippen LogP contribution in [0.2, 0.25) is 0 Å². The lowest BCUT2D eigenvalue weighted by molar-refractivity contribution is -0.129. The van der Waals surface area contributed by atoms with Crippen LogP contribution in [0.25, 0.3) is 0 Å². The molecule has 0 aliphatic heterocycles. The number of nitrogens with two attached hydrogens (primary N) is 1. The summed E-state index contributed by atoms with van der Waals surface area (Å²) in [7, 11) is 0. The van der Waals surface area contributed by atoms with Gasteiger partial charge in [-0.15, -0.1) is 0 Å². The van der Waals surface area contributed by atoms with Gasteiger partial charge in [0.1, 0.15) is 0 Å². The number of amides is 2. The van der Waals surface area contributed by atoms with Gasteiger partial charge in [-0.1, -0.05) is 15.9 Å². The van der Waals surface area contributed by atoms with Crippen LogP contribution in [-0.2, 0) is 4.79 Å². The standard InChI is InChI=1S/C13H18BrN3O2/c1-3-17(4-2)12(18)8-16-13(19)10-7-9(14)5-6-11(10)15/h5-7H,3-4,8,15H2,1-2H3,(H,16,19). The normalized spacial score (nSPS) is 10.1. The summed E-state index contributed by atoms with van der Waals surface area (Å²) < 4.78 is 0.766. The largest absolute Gasteiger partial charge is 0.398 e. The first-order valence-corrected chi connectivity index (χ1v) is 6.89. The lowest BCUT2D eigenvalue weighted by atomic mass is 10.1. The Bertz CT molecular complexity index is 473. The second-order valence-electron chi connectivity index (χ2n) is 3.98. The summed E-state index contributed by atoms with van der Waals surface area (Å²) in [6.45, 7) is 5.03. The molecule has 0 bridgehead atoms. The lowest BCUT2D eigenvalue weighted by Gasteiger charge is -2.18. The van der Waals surface area contributed by atoms with E-state index in [0.717, 1.165) is 4.47 Å². The van der Waals surface area contributed by atoms with Gasteiger partial charge in [0, 0.05) is 23.2 Å². The predicted molar refractivity (Wildman–Crippen MR) is 78.8 cm³/mol. The second kappa shape index (κ2) is 7.13. The Hall–Kier alpha value is -1.56. The van der Waals surface area contributed by atoms with Crippen LogP contribution in [0.4, 0.5) is 5.69 Å². The summed E-state index contributed by atoms with van der Waals surface area (Å²) in [5.41, 5.74) is 6.48. The number of nitrogen functional groups attached to an aromatic ring is 1. The Labute approximate surface area is 121 Å². The first kappa shape index (κ1) is 15.5. The van der Waals surface area contributed by atoms with Gasteiger partial charge in [-0.3, -0.25) is 9.59 Å². The van der Waals surface area contributed by atoms with Gasteiger partial charge in [0.15, 0.2) is 0 Å². The van der Waals surface area contributed by atoms with Gasteiger partial charge in [0.05, 0.1) is 12.1 Å². The molecule has 0 atom stereocenters. The maximum Gasteiger partial charge on any atom is 0.253 e. The van der Waals surface area contributed by atoms with E-state index >= 15 is 0 Å². The molecule has 3 N–H and O–H groups in total. The van der Waals surface area contributed by atoms with Gasteiger partial charge in [-0.25, -0.2) is 0 Å². The summed E-state index contributed by atoms with van der Waals surface area (Å²) in [6, 6.07) is 5.03. The Morgan fingerprint density at radius 3 is 2.53 bits per heavy atom. The molecule has 0 unspecified atom stereocenters. The Balaban J connectivity index is 2.65. The molecule has 0 aromatic heterocycles. The SMILES string of the molecule is CCN(CC)C(=O)CNC(=O)c1cc(Br)ccc1N. The molecule has 19 heavy (non-hydrogen) atoms. The number of carbonyl (C=O) groups excluding carboxylic acids is 2. The Morgan fingerprint density at radius 2 is 1.95 bits per heavy atom. The van der Waals surface area contributed by atoms with Crippen LogP contribution in [-0.4, -0.2) is 36.3 Å². The van der Waals surface area contributed by atoms with Crippen LogP contribution in [0.1, 0.15) is 24.2 Å². The van der Waals surface area contributed by atoms with Crippen LogP contribution in [0.5, 0.6) is 0 Å². The maximum atomic E-state index is 11.9. The monoisotopic (exact) mass is 327 g/mol. The number of benzene rings is 1. The predicted octanol–water partition coefficient (Wildman–Crippen LogP) is 1.63. The van der Waals surface area contributed by atoms with E-state index in [0.29, 0.717) is 24.3 Å². The van der Waals surface area contributed by atoms with E-state index in [1.54, 1.807) is 23.1 Å². The van der Waals surface area contributed by atoms with Crippen LogP contribution >= 0.6 is 15.9 Å². The van der Waals surface area contributed by atoms with Gasteiger partial charge in [-0.05, 0) is 32.0 Å². The highest BCUT2D eigenvalue weighted by atomic mass is 79.9. The van der Waals surface area contributed by atoms with Crippen molar-refractivity contribution in [2.75, 3.05) is 25.4 Å². The number of hydrogen-bond acceptors (Lipinski definition) is 3. The van der Waals surface area contributed by atoms with Gasteiger partial charge < -0.3 is 16.0 Å². The van der Waals surface area contributed by atoms with E-state index in [9.17, 15) is 9.59 Å². The number of nitrogens with zero attached hydrogens (tertiary/aromatic N) is 1. The fourth-order valence-electron chi connectivity index (χ4n) is 1.66. The van der Waals surface area contributed by atoms with E-state index in [2.05, 4.69) is 21.2 Å². The quantitative estimate of drug-likeness (QED) is 0.807. The molecule has 5 nitrogen and oxygen atoms in total. The van der Waals surface area contributed by atoms with E-state index in [1.807, 2.05) is 13.8 Å². The number of anilines is 1.